The molecule has 0 radical (unpaired) electrons. The van der Waals surface area contributed by atoms with Gasteiger partial charge in [0, 0.05) is 31.1 Å². The van der Waals surface area contributed by atoms with Crippen molar-refractivity contribution in [3.05, 3.63) is 21.4 Å². The SMILES string of the molecule is Cc1cc(C(=O)N2CCN(C(C)(C)C(N)=S)CC2)sc1C. The quantitative estimate of drug-likeness (QED) is 0.866. The third-order valence-electron chi connectivity index (χ3n) is 4.34. The van der Waals surface area contributed by atoms with Crippen molar-refractivity contribution >= 4 is 34.5 Å². The van der Waals surface area contributed by atoms with Crippen molar-refractivity contribution in [1.29, 1.82) is 0 Å². The van der Waals surface area contributed by atoms with Crippen LogP contribution in [0.15, 0.2) is 6.07 Å². The van der Waals surface area contributed by atoms with Gasteiger partial charge in [0.2, 0.25) is 0 Å². The molecule has 116 valence electrons. The second-order valence-corrected chi connectivity index (χ2v) is 7.75. The lowest BCUT2D eigenvalue weighted by Crippen LogP contribution is -2.59. The fourth-order valence-electron chi connectivity index (χ4n) is 2.46. The van der Waals surface area contributed by atoms with Crippen LogP contribution in [0.5, 0.6) is 0 Å². The maximum Gasteiger partial charge on any atom is 0.264 e. The third kappa shape index (κ3) is 3.27. The van der Waals surface area contributed by atoms with E-state index in [-0.39, 0.29) is 11.4 Å². The summed E-state index contributed by atoms with van der Waals surface area (Å²) in [5.41, 5.74) is 6.72. The summed E-state index contributed by atoms with van der Waals surface area (Å²) in [6, 6.07) is 1.99. The first-order valence-corrected chi connectivity index (χ1v) is 8.37. The zero-order valence-corrected chi connectivity index (χ0v) is 14.7. The van der Waals surface area contributed by atoms with E-state index >= 15 is 0 Å². The van der Waals surface area contributed by atoms with E-state index < -0.39 is 0 Å². The number of nitrogens with zero attached hydrogens (tertiary/aromatic N) is 2. The minimum atomic E-state index is -0.291. The van der Waals surface area contributed by atoms with Crippen molar-refractivity contribution in [3.8, 4) is 0 Å². The maximum absolute atomic E-state index is 12.5. The van der Waals surface area contributed by atoms with Crippen molar-refractivity contribution in [2.45, 2.75) is 33.2 Å². The molecule has 1 saturated heterocycles. The van der Waals surface area contributed by atoms with Crippen LogP contribution in [0.25, 0.3) is 0 Å². The highest BCUT2D eigenvalue weighted by Gasteiger charge is 2.33. The summed E-state index contributed by atoms with van der Waals surface area (Å²) in [5, 5.41) is 0. The standard InChI is InChI=1S/C15H23N3OS2/c1-10-9-12(21-11(10)2)13(19)17-5-7-18(8-6-17)15(3,4)14(16)20/h9H,5-8H2,1-4H3,(H2,16,20). The molecule has 0 aliphatic carbocycles. The Morgan fingerprint density at radius 2 is 1.86 bits per heavy atom. The predicted octanol–water partition coefficient (Wildman–Crippen LogP) is 2.19. The first kappa shape index (κ1) is 16.4. The molecular formula is C15H23N3OS2. The Morgan fingerprint density at radius 3 is 2.29 bits per heavy atom. The van der Waals surface area contributed by atoms with Crippen LogP contribution in [-0.2, 0) is 0 Å². The molecule has 0 spiro atoms. The van der Waals surface area contributed by atoms with Crippen molar-refractivity contribution in [2.24, 2.45) is 5.73 Å². The molecule has 0 saturated carbocycles. The van der Waals surface area contributed by atoms with Gasteiger partial charge in [-0.1, -0.05) is 12.2 Å². The van der Waals surface area contributed by atoms with Gasteiger partial charge in [-0.3, -0.25) is 9.69 Å². The summed E-state index contributed by atoms with van der Waals surface area (Å²) in [6.07, 6.45) is 0. The average molecular weight is 326 g/mol. The molecule has 1 fully saturated rings. The Morgan fingerprint density at radius 1 is 1.29 bits per heavy atom. The molecule has 0 bridgehead atoms. The second kappa shape index (κ2) is 6.02. The van der Waals surface area contributed by atoms with E-state index in [0.717, 1.165) is 31.1 Å². The number of carbonyl (C=O) groups excluding carboxylic acids is 1. The number of amides is 1. The van der Waals surface area contributed by atoms with Crippen LogP contribution in [0.3, 0.4) is 0 Å². The Labute approximate surface area is 135 Å². The van der Waals surface area contributed by atoms with Crippen LogP contribution in [0.4, 0.5) is 0 Å². The number of carbonyl (C=O) groups is 1. The molecule has 1 amide bonds. The number of hydrogen-bond donors (Lipinski definition) is 1. The number of thiophene rings is 1. The largest absolute Gasteiger partial charge is 0.392 e. The van der Waals surface area contributed by atoms with Crippen LogP contribution in [0.2, 0.25) is 0 Å². The van der Waals surface area contributed by atoms with E-state index in [9.17, 15) is 4.79 Å². The number of nitrogens with two attached hydrogens (primary N) is 1. The molecule has 2 heterocycles. The van der Waals surface area contributed by atoms with Crippen molar-refractivity contribution in [3.63, 3.8) is 0 Å². The minimum absolute atomic E-state index is 0.143. The molecule has 0 aromatic carbocycles. The first-order valence-electron chi connectivity index (χ1n) is 7.14. The average Bonchev–Trinajstić information content (AvgIpc) is 2.78. The molecule has 1 aliphatic heterocycles. The molecule has 4 nitrogen and oxygen atoms in total. The van der Waals surface area contributed by atoms with E-state index in [0.29, 0.717) is 4.99 Å². The Balaban J connectivity index is 2.01. The van der Waals surface area contributed by atoms with Crippen LogP contribution in [0.1, 0.15) is 34.0 Å². The van der Waals surface area contributed by atoms with Gasteiger partial charge in [-0.15, -0.1) is 11.3 Å². The minimum Gasteiger partial charge on any atom is -0.392 e. The normalized spacial score (nSPS) is 17.0. The summed E-state index contributed by atoms with van der Waals surface area (Å²) < 4.78 is 0. The number of hydrogen-bond acceptors (Lipinski definition) is 4. The predicted molar refractivity (Wildman–Crippen MR) is 92.1 cm³/mol. The van der Waals surface area contributed by atoms with Crippen molar-refractivity contribution in [2.75, 3.05) is 26.2 Å². The van der Waals surface area contributed by atoms with Gasteiger partial charge < -0.3 is 10.6 Å². The molecule has 1 aromatic heterocycles. The van der Waals surface area contributed by atoms with E-state index in [4.69, 9.17) is 18.0 Å². The van der Waals surface area contributed by atoms with Crippen molar-refractivity contribution in [1.82, 2.24) is 9.80 Å². The van der Waals surface area contributed by atoms with Gasteiger partial charge >= 0.3 is 0 Å². The highest BCUT2D eigenvalue weighted by atomic mass is 32.1. The molecule has 0 unspecified atom stereocenters. The Hall–Kier alpha value is -0.980. The van der Waals surface area contributed by atoms with E-state index in [1.165, 1.54) is 10.4 Å². The van der Waals surface area contributed by atoms with Crippen LogP contribution in [-0.4, -0.2) is 52.4 Å². The molecular weight excluding hydrogens is 302 g/mol. The summed E-state index contributed by atoms with van der Waals surface area (Å²) in [6.45, 7) is 11.2. The molecule has 1 aromatic rings. The monoisotopic (exact) mass is 325 g/mol. The van der Waals surface area contributed by atoms with E-state index in [1.54, 1.807) is 11.3 Å². The molecule has 2 N–H and O–H groups in total. The van der Waals surface area contributed by atoms with Gasteiger partial charge in [0.05, 0.1) is 15.4 Å². The number of thiocarbonyl (C=S) groups is 1. The highest BCUT2D eigenvalue weighted by molar-refractivity contribution is 7.80. The van der Waals surface area contributed by atoms with E-state index in [2.05, 4.69) is 11.8 Å². The summed E-state index contributed by atoms with van der Waals surface area (Å²) in [7, 11) is 0. The number of rotatable bonds is 3. The fraction of sp³-hybridized carbons (Fsp3) is 0.600. The van der Waals surface area contributed by atoms with Gasteiger partial charge in [0.1, 0.15) is 0 Å². The summed E-state index contributed by atoms with van der Waals surface area (Å²) in [5.74, 6) is 0.143. The maximum atomic E-state index is 12.5. The smallest absolute Gasteiger partial charge is 0.264 e. The van der Waals surface area contributed by atoms with Crippen LogP contribution < -0.4 is 5.73 Å². The van der Waals surface area contributed by atoms with Gasteiger partial charge in [-0.25, -0.2) is 0 Å². The first-order chi connectivity index (χ1) is 9.73. The van der Waals surface area contributed by atoms with Crippen LogP contribution in [0, 0.1) is 13.8 Å². The lowest BCUT2D eigenvalue weighted by atomic mass is 10.0. The van der Waals surface area contributed by atoms with Gasteiger partial charge in [0.25, 0.3) is 5.91 Å². The molecule has 2 rings (SSSR count). The zero-order chi connectivity index (χ0) is 15.8. The lowest BCUT2D eigenvalue weighted by Gasteiger charge is -2.43. The molecule has 0 atom stereocenters. The van der Waals surface area contributed by atoms with Gasteiger partial charge in [-0.2, -0.15) is 0 Å². The Bertz CT molecular complexity index is 538. The van der Waals surface area contributed by atoms with E-state index in [1.807, 2.05) is 31.7 Å². The fourth-order valence-corrected chi connectivity index (χ4v) is 3.59. The van der Waals surface area contributed by atoms with Gasteiger partial charge in [0.15, 0.2) is 0 Å². The Kier molecular flexibility index (Phi) is 4.70. The lowest BCUT2D eigenvalue weighted by molar-refractivity contribution is 0.0544. The number of aryl methyl sites for hydroxylation is 2. The molecule has 21 heavy (non-hydrogen) atoms. The van der Waals surface area contributed by atoms with Gasteiger partial charge in [-0.05, 0) is 39.3 Å². The molecule has 1 aliphatic rings. The number of piperazine rings is 1. The summed E-state index contributed by atoms with van der Waals surface area (Å²) >= 11 is 6.73. The topological polar surface area (TPSA) is 49.6 Å². The third-order valence-corrected chi connectivity index (χ3v) is 5.98. The second-order valence-electron chi connectivity index (χ2n) is 6.05. The summed E-state index contributed by atoms with van der Waals surface area (Å²) in [4.78, 5) is 19.3. The van der Waals surface area contributed by atoms with Crippen molar-refractivity contribution < 1.29 is 4.79 Å². The molecule has 6 heteroatoms. The zero-order valence-electron chi connectivity index (χ0n) is 13.1. The van der Waals surface area contributed by atoms with Crippen LogP contribution >= 0.6 is 23.6 Å². The highest BCUT2D eigenvalue weighted by Crippen LogP contribution is 2.24.